The first-order valence-corrected chi connectivity index (χ1v) is 8.78. The molecular formula is C18H12F2N2O4S. The minimum Gasteiger partial charge on any atom is -0.481 e. The predicted octanol–water partition coefficient (Wildman–Crippen LogP) is 3.34. The SMILES string of the molecule is O=C(O)CC1Oc2cccc(F)c2N(Cc2nc3cccc(F)c3s2)C1=O. The van der Waals surface area contributed by atoms with E-state index in [-0.39, 0.29) is 18.0 Å². The number of halogens is 2. The topological polar surface area (TPSA) is 79.7 Å². The largest absolute Gasteiger partial charge is 0.481 e. The molecule has 1 unspecified atom stereocenters. The fraction of sp³-hybridized carbons (Fsp3) is 0.167. The van der Waals surface area contributed by atoms with Gasteiger partial charge in [-0.2, -0.15) is 0 Å². The molecule has 1 aliphatic rings. The number of ether oxygens (including phenoxy) is 1. The minimum atomic E-state index is -1.28. The fourth-order valence-corrected chi connectivity index (χ4v) is 3.91. The lowest BCUT2D eigenvalue weighted by Gasteiger charge is -2.33. The number of carbonyl (C=O) groups excluding carboxylic acids is 1. The minimum absolute atomic E-state index is 0.0770. The summed E-state index contributed by atoms with van der Waals surface area (Å²) in [5, 5.41) is 9.41. The fourth-order valence-electron chi connectivity index (χ4n) is 2.95. The van der Waals surface area contributed by atoms with Gasteiger partial charge in [-0.15, -0.1) is 11.3 Å². The van der Waals surface area contributed by atoms with Crippen molar-refractivity contribution in [3.63, 3.8) is 0 Å². The van der Waals surface area contributed by atoms with Crippen molar-refractivity contribution in [1.82, 2.24) is 4.98 Å². The third-order valence-corrected chi connectivity index (χ3v) is 5.16. The molecule has 9 heteroatoms. The van der Waals surface area contributed by atoms with Gasteiger partial charge in [0.25, 0.3) is 5.91 Å². The number of thiazole rings is 1. The van der Waals surface area contributed by atoms with Crippen LogP contribution in [0.3, 0.4) is 0 Å². The van der Waals surface area contributed by atoms with E-state index in [4.69, 9.17) is 9.84 Å². The van der Waals surface area contributed by atoms with Crippen LogP contribution in [0.15, 0.2) is 36.4 Å². The lowest BCUT2D eigenvalue weighted by molar-refractivity contribution is -0.142. The number of hydrogen-bond donors (Lipinski definition) is 1. The second kappa shape index (κ2) is 6.58. The van der Waals surface area contributed by atoms with Crippen molar-refractivity contribution >= 4 is 39.1 Å². The Kier molecular flexibility index (Phi) is 4.23. The Morgan fingerprint density at radius 1 is 1.22 bits per heavy atom. The van der Waals surface area contributed by atoms with Gasteiger partial charge in [0.15, 0.2) is 11.9 Å². The number of rotatable bonds is 4. The highest BCUT2D eigenvalue weighted by Gasteiger charge is 2.38. The highest BCUT2D eigenvalue weighted by atomic mass is 32.1. The molecule has 3 aromatic rings. The second-order valence-corrected chi connectivity index (χ2v) is 6.99. The molecule has 0 saturated heterocycles. The van der Waals surface area contributed by atoms with Gasteiger partial charge < -0.3 is 9.84 Å². The summed E-state index contributed by atoms with van der Waals surface area (Å²) in [6.45, 7) is -0.120. The molecule has 1 N–H and O–H groups in total. The molecule has 0 bridgehead atoms. The van der Waals surface area contributed by atoms with Gasteiger partial charge in [-0.05, 0) is 24.3 Å². The van der Waals surface area contributed by atoms with E-state index in [1.165, 1.54) is 30.3 Å². The van der Waals surface area contributed by atoms with Gasteiger partial charge in [0.05, 0.1) is 23.2 Å². The number of fused-ring (bicyclic) bond motifs is 2. The van der Waals surface area contributed by atoms with Crippen molar-refractivity contribution in [3.05, 3.63) is 53.0 Å². The molecule has 1 aromatic heterocycles. The molecule has 138 valence electrons. The lowest BCUT2D eigenvalue weighted by Crippen LogP contribution is -2.46. The van der Waals surface area contributed by atoms with E-state index < -0.39 is 36.0 Å². The normalized spacial score (nSPS) is 16.3. The van der Waals surface area contributed by atoms with E-state index in [2.05, 4.69) is 4.98 Å². The van der Waals surface area contributed by atoms with Gasteiger partial charge in [-0.25, -0.2) is 13.8 Å². The number of benzene rings is 2. The van der Waals surface area contributed by atoms with Crippen LogP contribution >= 0.6 is 11.3 Å². The van der Waals surface area contributed by atoms with Gasteiger partial charge in [-0.1, -0.05) is 12.1 Å². The second-order valence-electron chi connectivity index (χ2n) is 5.91. The number of aromatic nitrogens is 1. The summed E-state index contributed by atoms with van der Waals surface area (Å²) in [5.41, 5.74) is 0.357. The number of para-hydroxylation sites is 1. The number of carboxylic acid groups (broad SMARTS) is 1. The Morgan fingerprint density at radius 2 is 1.96 bits per heavy atom. The molecule has 0 aliphatic carbocycles. The summed E-state index contributed by atoms with van der Waals surface area (Å²) < 4.78 is 34.0. The quantitative estimate of drug-likeness (QED) is 0.739. The number of carbonyl (C=O) groups is 2. The molecule has 1 aliphatic heterocycles. The lowest BCUT2D eigenvalue weighted by atomic mass is 10.1. The monoisotopic (exact) mass is 390 g/mol. The van der Waals surface area contributed by atoms with Gasteiger partial charge in [0, 0.05) is 0 Å². The molecule has 0 spiro atoms. The summed E-state index contributed by atoms with van der Waals surface area (Å²) >= 11 is 1.06. The zero-order valence-corrected chi connectivity index (χ0v) is 14.5. The first kappa shape index (κ1) is 17.3. The van der Waals surface area contributed by atoms with Crippen LogP contribution in [0.25, 0.3) is 10.2 Å². The van der Waals surface area contributed by atoms with Crippen LogP contribution in [0.5, 0.6) is 5.75 Å². The Labute approximate surface area is 155 Å². The van der Waals surface area contributed by atoms with Crippen LogP contribution < -0.4 is 9.64 Å². The molecule has 2 aromatic carbocycles. The Morgan fingerprint density at radius 3 is 2.70 bits per heavy atom. The number of amides is 1. The maximum absolute atomic E-state index is 14.4. The van der Waals surface area contributed by atoms with Crippen LogP contribution in [0.2, 0.25) is 0 Å². The summed E-state index contributed by atoms with van der Waals surface area (Å²) in [4.78, 5) is 29.2. The van der Waals surface area contributed by atoms with E-state index in [1.807, 2.05) is 0 Å². The van der Waals surface area contributed by atoms with E-state index in [1.54, 1.807) is 6.07 Å². The van der Waals surface area contributed by atoms with E-state index in [9.17, 15) is 18.4 Å². The van der Waals surface area contributed by atoms with Crippen LogP contribution in [0, 0.1) is 11.6 Å². The van der Waals surface area contributed by atoms with Crippen molar-refractivity contribution in [2.75, 3.05) is 4.90 Å². The van der Waals surface area contributed by atoms with Crippen LogP contribution in [0.1, 0.15) is 11.4 Å². The molecule has 0 saturated carbocycles. The number of anilines is 1. The maximum atomic E-state index is 14.4. The van der Waals surface area contributed by atoms with Crippen LogP contribution in [-0.4, -0.2) is 28.1 Å². The highest BCUT2D eigenvalue weighted by molar-refractivity contribution is 7.18. The molecule has 27 heavy (non-hydrogen) atoms. The van der Waals surface area contributed by atoms with E-state index in [0.717, 1.165) is 16.2 Å². The summed E-state index contributed by atoms with van der Waals surface area (Å²) in [6, 6.07) is 8.53. The van der Waals surface area contributed by atoms with Gasteiger partial charge in [-0.3, -0.25) is 14.5 Å². The molecule has 1 atom stereocenters. The average Bonchev–Trinajstić information content (AvgIpc) is 3.02. The number of aliphatic carboxylic acids is 1. The summed E-state index contributed by atoms with van der Waals surface area (Å²) in [7, 11) is 0. The van der Waals surface area contributed by atoms with E-state index in [0.29, 0.717) is 15.2 Å². The van der Waals surface area contributed by atoms with Crippen LogP contribution in [-0.2, 0) is 16.1 Å². The molecular weight excluding hydrogens is 378 g/mol. The zero-order valence-electron chi connectivity index (χ0n) is 13.7. The van der Waals surface area contributed by atoms with E-state index >= 15 is 0 Å². The van der Waals surface area contributed by atoms with Gasteiger partial charge in [0.2, 0.25) is 0 Å². The number of hydrogen-bond acceptors (Lipinski definition) is 5. The molecule has 2 heterocycles. The average molecular weight is 390 g/mol. The maximum Gasteiger partial charge on any atom is 0.307 e. The molecule has 0 radical (unpaired) electrons. The van der Waals surface area contributed by atoms with Crippen molar-refractivity contribution in [3.8, 4) is 5.75 Å². The smallest absolute Gasteiger partial charge is 0.307 e. The Bertz CT molecular complexity index is 1070. The van der Waals surface area contributed by atoms with Gasteiger partial charge in [0.1, 0.15) is 22.3 Å². The first-order chi connectivity index (χ1) is 12.9. The summed E-state index contributed by atoms with van der Waals surface area (Å²) in [5.74, 6) is -2.93. The van der Waals surface area contributed by atoms with Gasteiger partial charge >= 0.3 is 5.97 Å². The molecule has 1 amide bonds. The van der Waals surface area contributed by atoms with Crippen molar-refractivity contribution in [2.24, 2.45) is 0 Å². The van der Waals surface area contributed by atoms with Crippen molar-refractivity contribution < 1.29 is 28.2 Å². The number of carboxylic acids is 1. The zero-order chi connectivity index (χ0) is 19.1. The Hall–Kier alpha value is -3.07. The highest BCUT2D eigenvalue weighted by Crippen LogP contribution is 2.38. The third kappa shape index (κ3) is 3.10. The molecule has 4 rings (SSSR count). The van der Waals surface area contributed by atoms with Crippen molar-refractivity contribution in [1.29, 1.82) is 0 Å². The summed E-state index contributed by atoms with van der Waals surface area (Å²) in [6.07, 6.45) is -1.83. The molecule has 0 fully saturated rings. The Balaban J connectivity index is 1.75. The molecule has 6 nitrogen and oxygen atoms in total. The third-order valence-electron chi connectivity index (χ3n) is 4.09. The van der Waals surface area contributed by atoms with Crippen LogP contribution in [0.4, 0.5) is 14.5 Å². The van der Waals surface area contributed by atoms with Crippen molar-refractivity contribution in [2.45, 2.75) is 19.1 Å². The first-order valence-electron chi connectivity index (χ1n) is 7.96. The number of nitrogens with zero attached hydrogens (tertiary/aromatic N) is 2. The standard InChI is InChI=1S/C18H12F2N2O4S/c19-9-3-2-6-12-16(9)22(18(25)13(26-12)7-15(23)24)8-14-21-11-5-1-4-10(20)17(11)27-14/h1-6,13H,7-8H2,(H,23,24). The predicted molar refractivity (Wildman–Crippen MR) is 93.8 cm³/mol.